The highest BCUT2D eigenvalue weighted by atomic mass is 32.1. The Morgan fingerprint density at radius 3 is 2.00 bits per heavy atom. The van der Waals surface area contributed by atoms with Gasteiger partial charge in [0.1, 0.15) is 11.2 Å². The van der Waals surface area contributed by atoms with Crippen molar-refractivity contribution >= 4 is 92.1 Å². The van der Waals surface area contributed by atoms with E-state index in [0.717, 1.165) is 39.0 Å². The third kappa shape index (κ3) is 4.86. The first-order chi connectivity index (χ1) is 26.3. The molecule has 2 nitrogen and oxygen atoms in total. The van der Waals surface area contributed by atoms with Crippen molar-refractivity contribution in [3.63, 3.8) is 0 Å². The van der Waals surface area contributed by atoms with Crippen LogP contribution in [0.1, 0.15) is 0 Å². The second-order valence-electron chi connectivity index (χ2n) is 13.7. The first-order valence-electron chi connectivity index (χ1n) is 18.0. The number of fused-ring (bicyclic) bond motifs is 9. The van der Waals surface area contributed by atoms with E-state index in [4.69, 9.17) is 4.42 Å². The van der Waals surface area contributed by atoms with Crippen LogP contribution >= 0.6 is 11.3 Å². The van der Waals surface area contributed by atoms with Gasteiger partial charge in [0.15, 0.2) is 0 Å². The van der Waals surface area contributed by atoms with Gasteiger partial charge in [-0.3, -0.25) is 0 Å². The van der Waals surface area contributed by atoms with Crippen LogP contribution in [0.5, 0.6) is 0 Å². The number of benzene rings is 9. The van der Waals surface area contributed by atoms with Crippen molar-refractivity contribution in [2.45, 2.75) is 0 Å². The van der Waals surface area contributed by atoms with Crippen LogP contribution in [0.25, 0.3) is 85.9 Å². The van der Waals surface area contributed by atoms with Gasteiger partial charge in [0.25, 0.3) is 0 Å². The number of hydrogen-bond donors (Lipinski definition) is 0. The molecule has 0 saturated heterocycles. The summed E-state index contributed by atoms with van der Waals surface area (Å²) in [5, 5.41) is 9.88. The fourth-order valence-corrected chi connectivity index (χ4v) is 9.38. The van der Waals surface area contributed by atoms with Gasteiger partial charge in [0.05, 0.1) is 10.4 Å². The number of hydrogen-bond acceptors (Lipinski definition) is 3. The van der Waals surface area contributed by atoms with E-state index >= 15 is 0 Å². The lowest BCUT2D eigenvalue weighted by Crippen LogP contribution is -2.10. The molecule has 11 aromatic rings. The normalized spacial score (nSPS) is 11.8. The van der Waals surface area contributed by atoms with Crippen molar-refractivity contribution in [2.24, 2.45) is 0 Å². The minimum atomic E-state index is 0.891. The Hall–Kier alpha value is -6.68. The number of furan rings is 1. The van der Waals surface area contributed by atoms with Crippen LogP contribution < -0.4 is 4.90 Å². The van der Waals surface area contributed by atoms with Crippen LogP contribution in [0.2, 0.25) is 0 Å². The van der Waals surface area contributed by atoms with Gasteiger partial charge in [0.2, 0.25) is 0 Å². The first-order valence-corrected chi connectivity index (χ1v) is 18.8. The zero-order valence-electron chi connectivity index (χ0n) is 28.7. The van der Waals surface area contributed by atoms with E-state index in [1.165, 1.54) is 64.0 Å². The third-order valence-corrected chi connectivity index (χ3v) is 11.8. The van der Waals surface area contributed by atoms with Gasteiger partial charge in [-0.2, -0.15) is 0 Å². The number of rotatable bonds is 5. The van der Waals surface area contributed by atoms with Gasteiger partial charge in [0, 0.05) is 37.6 Å². The highest BCUT2D eigenvalue weighted by molar-refractivity contribution is 7.26. The predicted octanol–water partition coefficient (Wildman–Crippen LogP) is 15.1. The third-order valence-electron chi connectivity index (χ3n) is 10.6. The maximum atomic E-state index is 6.27. The number of para-hydroxylation sites is 1. The molecule has 0 bridgehead atoms. The molecule has 53 heavy (non-hydrogen) atoms. The standard InChI is InChI=1S/C50H31NOS/c1-2-10-33(11-3-1)41-15-9-19-48-49(41)43-16-8-17-45(50(43)53-48)51(38-27-29-47-44(31-38)42-14-6-7-18-46(42)52-47)37-25-22-32(23-26-37)35-24-28-40-36(30-35)21-20-34-12-4-5-13-39(34)40/h1-31H. The lowest BCUT2D eigenvalue weighted by atomic mass is 9.97. The maximum absolute atomic E-state index is 6.27. The van der Waals surface area contributed by atoms with Crippen molar-refractivity contribution in [1.29, 1.82) is 0 Å². The second-order valence-corrected chi connectivity index (χ2v) is 14.7. The van der Waals surface area contributed by atoms with Gasteiger partial charge in [-0.1, -0.05) is 133 Å². The minimum absolute atomic E-state index is 0.891. The molecule has 0 spiro atoms. The van der Waals surface area contributed by atoms with Crippen LogP contribution in [-0.2, 0) is 0 Å². The van der Waals surface area contributed by atoms with Crippen molar-refractivity contribution in [2.75, 3.05) is 4.90 Å². The van der Waals surface area contributed by atoms with Crippen molar-refractivity contribution in [3.8, 4) is 22.3 Å². The number of anilines is 3. The van der Waals surface area contributed by atoms with Crippen LogP contribution in [0.4, 0.5) is 17.1 Å². The van der Waals surface area contributed by atoms with Gasteiger partial charge >= 0.3 is 0 Å². The van der Waals surface area contributed by atoms with Crippen molar-refractivity contribution in [3.05, 3.63) is 188 Å². The lowest BCUT2D eigenvalue weighted by molar-refractivity contribution is 0.669. The molecule has 0 aliphatic heterocycles. The van der Waals surface area contributed by atoms with Gasteiger partial charge in [-0.25, -0.2) is 0 Å². The van der Waals surface area contributed by atoms with Crippen LogP contribution in [-0.4, -0.2) is 0 Å². The molecule has 0 atom stereocenters. The molecule has 11 rings (SSSR count). The summed E-state index contributed by atoms with van der Waals surface area (Å²) >= 11 is 1.86. The molecule has 0 N–H and O–H groups in total. The average Bonchev–Trinajstić information content (AvgIpc) is 3.80. The Morgan fingerprint density at radius 2 is 1.09 bits per heavy atom. The summed E-state index contributed by atoms with van der Waals surface area (Å²) in [4.78, 5) is 2.41. The zero-order chi connectivity index (χ0) is 34.9. The summed E-state index contributed by atoms with van der Waals surface area (Å²) in [5.74, 6) is 0. The fourth-order valence-electron chi connectivity index (χ4n) is 8.14. The number of nitrogens with zero attached hydrogens (tertiary/aromatic N) is 1. The smallest absolute Gasteiger partial charge is 0.135 e. The molecular weight excluding hydrogens is 663 g/mol. The molecule has 9 aromatic carbocycles. The SMILES string of the molecule is c1ccc(-c2cccc3sc4c(N(c5ccc(-c6ccc7c(ccc8ccccc87)c6)cc5)c5ccc6oc7ccccc7c6c5)cccc4c23)cc1. The molecule has 0 fully saturated rings. The minimum Gasteiger partial charge on any atom is -0.456 e. The molecule has 0 unspecified atom stereocenters. The van der Waals surface area contributed by atoms with Crippen LogP contribution in [0, 0.1) is 0 Å². The largest absolute Gasteiger partial charge is 0.456 e. The molecular formula is C50H31NOS. The summed E-state index contributed by atoms with van der Waals surface area (Å²) in [5.41, 5.74) is 10.0. The van der Waals surface area contributed by atoms with E-state index in [0.29, 0.717) is 0 Å². The first kappa shape index (κ1) is 30.0. The molecule has 0 radical (unpaired) electrons. The molecule has 3 heteroatoms. The van der Waals surface area contributed by atoms with Crippen LogP contribution in [0.3, 0.4) is 0 Å². The summed E-state index contributed by atoms with van der Waals surface area (Å²) in [6.07, 6.45) is 0. The van der Waals surface area contributed by atoms with E-state index in [1.807, 2.05) is 23.5 Å². The summed E-state index contributed by atoms with van der Waals surface area (Å²) in [7, 11) is 0. The fraction of sp³-hybridized carbons (Fsp3) is 0. The Kier molecular flexibility index (Phi) is 6.76. The Labute approximate surface area is 310 Å². The van der Waals surface area contributed by atoms with Gasteiger partial charge < -0.3 is 9.32 Å². The summed E-state index contributed by atoms with van der Waals surface area (Å²) in [6.45, 7) is 0. The van der Waals surface area contributed by atoms with Gasteiger partial charge in [-0.15, -0.1) is 11.3 Å². The topological polar surface area (TPSA) is 16.4 Å². The highest BCUT2D eigenvalue weighted by Gasteiger charge is 2.21. The highest BCUT2D eigenvalue weighted by Crippen LogP contribution is 2.48. The Balaban J connectivity index is 1.09. The predicted molar refractivity (Wildman–Crippen MR) is 227 cm³/mol. The van der Waals surface area contributed by atoms with E-state index in [-0.39, 0.29) is 0 Å². The van der Waals surface area contributed by atoms with Crippen molar-refractivity contribution < 1.29 is 4.42 Å². The summed E-state index contributed by atoms with van der Waals surface area (Å²) < 4.78 is 8.81. The van der Waals surface area contributed by atoms with Crippen molar-refractivity contribution in [1.82, 2.24) is 0 Å². The lowest BCUT2D eigenvalue weighted by Gasteiger charge is -2.26. The number of thiophene rings is 1. The molecule has 0 saturated carbocycles. The molecule has 0 aliphatic rings. The maximum Gasteiger partial charge on any atom is 0.135 e. The summed E-state index contributed by atoms with van der Waals surface area (Å²) in [6, 6.07) is 68.0. The molecule has 0 aliphatic carbocycles. The molecule has 248 valence electrons. The van der Waals surface area contributed by atoms with E-state index < -0.39 is 0 Å². The van der Waals surface area contributed by atoms with Crippen LogP contribution in [0.15, 0.2) is 192 Å². The van der Waals surface area contributed by atoms with E-state index in [1.54, 1.807) is 0 Å². The second kappa shape index (κ2) is 11.9. The van der Waals surface area contributed by atoms with Gasteiger partial charge in [-0.05, 0) is 98.4 Å². The zero-order valence-corrected chi connectivity index (χ0v) is 29.5. The van der Waals surface area contributed by atoms with E-state index in [2.05, 4.69) is 181 Å². The monoisotopic (exact) mass is 693 g/mol. The Bertz CT molecular complexity index is 3170. The Morgan fingerprint density at radius 1 is 0.396 bits per heavy atom. The molecule has 0 amide bonds. The quantitative estimate of drug-likeness (QED) is 0.167. The molecule has 2 heterocycles. The average molecular weight is 694 g/mol. The molecule has 2 aromatic heterocycles. The van der Waals surface area contributed by atoms with E-state index in [9.17, 15) is 0 Å².